The van der Waals surface area contributed by atoms with Gasteiger partial charge in [-0.15, -0.1) is 0 Å². The van der Waals surface area contributed by atoms with Crippen molar-refractivity contribution in [2.24, 2.45) is 0 Å². The first-order chi connectivity index (χ1) is 7.50. The number of carbonyl (C=O) groups is 1. The van der Waals surface area contributed by atoms with E-state index in [0.717, 1.165) is 12.8 Å². The van der Waals surface area contributed by atoms with Gasteiger partial charge in [-0.25, -0.2) is 9.78 Å². The lowest BCUT2D eigenvalue weighted by Crippen LogP contribution is -2.33. The van der Waals surface area contributed by atoms with E-state index in [1.165, 1.54) is 6.07 Å². The maximum atomic E-state index is 10.8. The first-order valence-electron chi connectivity index (χ1n) is 5.49. The van der Waals surface area contributed by atoms with Gasteiger partial charge in [0.1, 0.15) is 5.82 Å². The Balaban J connectivity index is 2.89. The summed E-state index contributed by atoms with van der Waals surface area (Å²) in [5.74, 6) is -0.385. The fourth-order valence-corrected chi connectivity index (χ4v) is 1.36. The molecular weight excluding hydrogens is 204 g/mol. The number of aromatic nitrogens is 1. The van der Waals surface area contributed by atoms with Crippen molar-refractivity contribution in [3.8, 4) is 0 Å². The van der Waals surface area contributed by atoms with Gasteiger partial charge in [-0.05, 0) is 31.9 Å². The molecular formula is C12H18N2O2. The van der Waals surface area contributed by atoms with Gasteiger partial charge in [0.15, 0.2) is 5.69 Å². The van der Waals surface area contributed by atoms with Crippen LogP contribution in [-0.4, -0.2) is 21.6 Å². The zero-order valence-electron chi connectivity index (χ0n) is 9.95. The fraction of sp³-hybridized carbons (Fsp3) is 0.500. The largest absolute Gasteiger partial charge is 0.477 e. The fourth-order valence-electron chi connectivity index (χ4n) is 1.36. The molecule has 4 heteroatoms. The van der Waals surface area contributed by atoms with E-state index < -0.39 is 5.97 Å². The molecule has 1 aromatic heterocycles. The molecule has 0 aromatic carbocycles. The second-order valence-corrected chi connectivity index (χ2v) is 4.11. The van der Waals surface area contributed by atoms with Crippen LogP contribution < -0.4 is 5.32 Å². The molecule has 0 saturated carbocycles. The van der Waals surface area contributed by atoms with E-state index >= 15 is 0 Å². The number of anilines is 1. The third-order valence-corrected chi connectivity index (χ3v) is 2.96. The van der Waals surface area contributed by atoms with Gasteiger partial charge in [-0.3, -0.25) is 0 Å². The highest BCUT2D eigenvalue weighted by Crippen LogP contribution is 2.20. The summed E-state index contributed by atoms with van der Waals surface area (Å²) < 4.78 is 0. The van der Waals surface area contributed by atoms with Crippen molar-refractivity contribution in [3.05, 3.63) is 23.9 Å². The van der Waals surface area contributed by atoms with Gasteiger partial charge in [-0.2, -0.15) is 0 Å². The quantitative estimate of drug-likeness (QED) is 0.804. The van der Waals surface area contributed by atoms with E-state index in [2.05, 4.69) is 31.1 Å². The van der Waals surface area contributed by atoms with Gasteiger partial charge >= 0.3 is 5.97 Å². The highest BCUT2D eigenvalue weighted by molar-refractivity contribution is 5.85. The third-order valence-electron chi connectivity index (χ3n) is 2.96. The summed E-state index contributed by atoms with van der Waals surface area (Å²) >= 11 is 0. The zero-order chi connectivity index (χ0) is 12.2. The number of nitrogens with zero attached hydrogens (tertiary/aromatic N) is 1. The SMILES string of the molecule is CCC(C)(CC)Nc1cccc(C(=O)O)n1. The summed E-state index contributed by atoms with van der Waals surface area (Å²) in [5.41, 5.74) is 0.0315. The Kier molecular flexibility index (Phi) is 3.88. The number of rotatable bonds is 5. The number of aromatic carboxylic acids is 1. The molecule has 0 aliphatic rings. The number of nitrogens with one attached hydrogen (secondary N) is 1. The normalized spacial score (nSPS) is 11.2. The summed E-state index contributed by atoms with van der Waals surface area (Å²) in [5, 5.41) is 12.1. The molecule has 0 aliphatic carbocycles. The molecule has 1 heterocycles. The molecule has 16 heavy (non-hydrogen) atoms. The second kappa shape index (κ2) is 4.96. The van der Waals surface area contributed by atoms with Crippen molar-refractivity contribution >= 4 is 11.8 Å². The van der Waals surface area contributed by atoms with Crippen LogP contribution in [0, 0.1) is 0 Å². The van der Waals surface area contributed by atoms with Gasteiger partial charge in [0, 0.05) is 5.54 Å². The second-order valence-electron chi connectivity index (χ2n) is 4.11. The molecule has 0 unspecified atom stereocenters. The van der Waals surface area contributed by atoms with Crippen LogP contribution in [0.5, 0.6) is 0 Å². The Morgan fingerprint density at radius 1 is 1.44 bits per heavy atom. The van der Waals surface area contributed by atoms with Crippen LogP contribution in [0.1, 0.15) is 44.1 Å². The lowest BCUT2D eigenvalue weighted by Gasteiger charge is -2.28. The van der Waals surface area contributed by atoms with Crippen LogP contribution in [0.15, 0.2) is 18.2 Å². The van der Waals surface area contributed by atoms with E-state index in [-0.39, 0.29) is 11.2 Å². The lowest BCUT2D eigenvalue weighted by atomic mass is 9.96. The summed E-state index contributed by atoms with van der Waals surface area (Å²) in [7, 11) is 0. The summed E-state index contributed by atoms with van der Waals surface area (Å²) in [6, 6.07) is 4.98. The van der Waals surface area contributed by atoms with Gasteiger partial charge in [0.2, 0.25) is 0 Å². The van der Waals surface area contributed by atoms with Crippen LogP contribution in [0.4, 0.5) is 5.82 Å². The van der Waals surface area contributed by atoms with Crippen LogP contribution in [0.25, 0.3) is 0 Å². The molecule has 1 rings (SSSR count). The molecule has 0 atom stereocenters. The molecule has 4 nitrogen and oxygen atoms in total. The van der Waals surface area contributed by atoms with Gasteiger partial charge < -0.3 is 10.4 Å². The molecule has 2 N–H and O–H groups in total. The summed E-state index contributed by atoms with van der Waals surface area (Å²) in [6.07, 6.45) is 1.92. The molecule has 0 aliphatic heterocycles. The lowest BCUT2D eigenvalue weighted by molar-refractivity contribution is 0.0690. The Bertz CT molecular complexity index is 373. The van der Waals surface area contributed by atoms with Crippen LogP contribution in [0.3, 0.4) is 0 Å². The maximum Gasteiger partial charge on any atom is 0.354 e. The van der Waals surface area contributed by atoms with Crippen LogP contribution in [-0.2, 0) is 0 Å². The monoisotopic (exact) mass is 222 g/mol. The number of pyridine rings is 1. The number of carboxylic acid groups (broad SMARTS) is 1. The molecule has 0 radical (unpaired) electrons. The Morgan fingerprint density at radius 2 is 2.06 bits per heavy atom. The van der Waals surface area contributed by atoms with Crippen molar-refractivity contribution < 1.29 is 9.90 Å². The van der Waals surface area contributed by atoms with Crippen LogP contribution in [0.2, 0.25) is 0 Å². The number of hydrogen-bond acceptors (Lipinski definition) is 3. The van der Waals surface area contributed by atoms with Crippen molar-refractivity contribution in [2.45, 2.75) is 39.2 Å². The summed E-state index contributed by atoms with van der Waals surface area (Å²) in [6.45, 7) is 6.29. The van der Waals surface area contributed by atoms with E-state index in [1.54, 1.807) is 12.1 Å². The van der Waals surface area contributed by atoms with Crippen molar-refractivity contribution in [1.82, 2.24) is 4.98 Å². The number of hydrogen-bond donors (Lipinski definition) is 2. The molecule has 88 valence electrons. The van der Waals surface area contributed by atoms with Crippen LogP contribution >= 0.6 is 0 Å². The van der Waals surface area contributed by atoms with E-state index in [9.17, 15) is 4.79 Å². The maximum absolute atomic E-state index is 10.8. The third kappa shape index (κ3) is 2.95. The highest BCUT2D eigenvalue weighted by Gasteiger charge is 2.19. The number of carboxylic acids is 1. The Hall–Kier alpha value is -1.58. The average Bonchev–Trinajstić information content (AvgIpc) is 2.29. The standard InChI is InChI=1S/C12H18N2O2/c1-4-12(3,5-2)14-10-8-6-7-9(13-10)11(15)16/h6-8H,4-5H2,1-3H3,(H,13,14)(H,15,16). The first-order valence-corrected chi connectivity index (χ1v) is 5.49. The van der Waals surface area contributed by atoms with E-state index in [0.29, 0.717) is 5.82 Å². The van der Waals surface area contributed by atoms with E-state index in [4.69, 9.17) is 5.11 Å². The topological polar surface area (TPSA) is 62.2 Å². The van der Waals surface area contributed by atoms with Gasteiger partial charge in [0.05, 0.1) is 0 Å². The molecule has 0 bridgehead atoms. The molecule has 0 spiro atoms. The van der Waals surface area contributed by atoms with Crippen molar-refractivity contribution in [2.75, 3.05) is 5.32 Å². The predicted octanol–water partition coefficient (Wildman–Crippen LogP) is 2.77. The molecule has 0 fully saturated rings. The van der Waals surface area contributed by atoms with Gasteiger partial charge in [-0.1, -0.05) is 19.9 Å². The smallest absolute Gasteiger partial charge is 0.354 e. The zero-order valence-corrected chi connectivity index (χ0v) is 9.95. The molecule has 1 aromatic rings. The first kappa shape index (κ1) is 12.5. The minimum atomic E-state index is -1.00. The molecule has 0 amide bonds. The highest BCUT2D eigenvalue weighted by atomic mass is 16.4. The predicted molar refractivity (Wildman–Crippen MR) is 63.8 cm³/mol. The van der Waals surface area contributed by atoms with Gasteiger partial charge in [0.25, 0.3) is 0 Å². The summed E-state index contributed by atoms with van der Waals surface area (Å²) in [4.78, 5) is 14.8. The Labute approximate surface area is 95.7 Å². The van der Waals surface area contributed by atoms with E-state index in [1.807, 2.05) is 0 Å². The minimum Gasteiger partial charge on any atom is -0.477 e. The average molecular weight is 222 g/mol. The molecule has 0 saturated heterocycles. The Morgan fingerprint density at radius 3 is 2.56 bits per heavy atom. The minimum absolute atomic E-state index is 0.0376. The van der Waals surface area contributed by atoms with Crippen molar-refractivity contribution in [1.29, 1.82) is 0 Å². The van der Waals surface area contributed by atoms with Crippen molar-refractivity contribution in [3.63, 3.8) is 0 Å².